The molecule has 0 heteroatoms. The van der Waals surface area contributed by atoms with Crippen LogP contribution in [0.15, 0.2) is 60.8 Å². The monoisotopic (exact) mass is 172 g/mol. The minimum atomic E-state index is 0.995. The number of rotatable bonds is 4. The molecule has 0 N–H and O–H groups in total. The van der Waals surface area contributed by atoms with Crippen molar-refractivity contribution >= 4 is 0 Å². The van der Waals surface area contributed by atoms with Crippen LogP contribution in [0.3, 0.4) is 0 Å². The maximum absolute atomic E-state index is 3.99. The fourth-order valence-electron chi connectivity index (χ4n) is 1.35. The number of hydrogen-bond donors (Lipinski definition) is 0. The predicted octanol–water partition coefficient (Wildman–Crippen LogP) is 3.95. The van der Waals surface area contributed by atoms with Gasteiger partial charge in [0.2, 0.25) is 0 Å². The van der Waals surface area contributed by atoms with Crippen molar-refractivity contribution in [2.75, 3.05) is 0 Å². The van der Waals surface area contributed by atoms with Crippen molar-refractivity contribution in [3.63, 3.8) is 0 Å². The van der Waals surface area contributed by atoms with Crippen LogP contribution >= 0.6 is 0 Å². The van der Waals surface area contributed by atoms with Gasteiger partial charge in [0.25, 0.3) is 0 Å². The van der Waals surface area contributed by atoms with Gasteiger partial charge in [-0.1, -0.05) is 60.8 Å². The molecule has 0 heterocycles. The third kappa shape index (κ3) is 3.75. The van der Waals surface area contributed by atoms with Gasteiger partial charge >= 0.3 is 0 Å². The van der Waals surface area contributed by atoms with E-state index in [-0.39, 0.29) is 0 Å². The fraction of sp³-hybridized carbons (Fsp3) is 0.231. The number of allylic oxidation sites excluding steroid dienone is 8. The summed E-state index contributed by atoms with van der Waals surface area (Å²) in [5.74, 6) is 0. The Morgan fingerprint density at radius 2 is 2.38 bits per heavy atom. The molecule has 0 bridgehead atoms. The summed E-state index contributed by atoms with van der Waals surface area (Å²) >= 11 is 0. The summed E-state index contributed by atoms with van der Waals surface area (Å²) < 4.78 is 0. The second-order valence-corrected chi connectivity index (χ2v) is 3.22. The highest BCUT2D eigenvalue weighted by molar-refractivity contribution is 5.28. The normalized spacial score (nSPS) is 15.8. The van der Waals surface area contributed by atoms with Crippen molar-refractivity contribution in [3.8, 4) is 0 Å². The van der Waals surface area contributed by atoms with Gasteiger partial charge in [-0.2, -0.15) is 0 Å². The Hall–Kier alpha value is -1.30. The third-order valence-corrected chi connectivity index (χ3v) is 2.02. The van der Waals surface area contributed by atoms with E-state index in [1.165, 1.54) is 18.4 Å². The van der Waals surface area contributed by atoms with Crippen molar-refractivity contribution in [1.29, 1.82) is 0 Å². The predicted molar refractivity (Wildman–Crippen MR) is 59.6 cm³/mol. The van der Waals surface area contributed by atoms with Gasteiger partial charge in [0.05, 0.1) is 0 Å². The average molecular weight is 172 g/mol. The molecule has 0 atom stereocenters. The second-order valence-electron chi connectivity index (χ2n) is 3.22. The summed E-state index contributed by atoms with van der Waals surface area (Å²) in [6.07, 6.45) is 15.6. The molecule has 0 aliphatic heterocycles. The van der Waals surface area contributed by atoms with Crippen LogP contribution in [0.4, 0.5) is 0 Å². The lowest BCUT2D eigenvalue weighted by atomic mass is 9.98. The fourth-order valence-corrected chi connectivity index (χ4v) is 1.35. The standard InChI is InChI=1S/C13H16/c1-3-4-8-12(2)11-13-9-6-5-7-10-13/h3-6,8-9H,1-2,7,10-11H2/b8-4-. The molecule has 13 heavy (non-hydrogen) atoms. The number of hydrogen-bond acceptors (Lipinski definition) is 0. The molecule has 0 spiro atoms. The van der Waals surface area contributed by atoms with E-state index in [1.54, 1.807) is 6.08 Å². The van der Waals surface area contributed by atoms with Gasteiger partial charge in [0.15, 0.2) is 0 Å². The van der Waals surface area contributed by atoms with Crippen molar-refractivity contribution in [1.82, 2.24) is 0 Å². The Morgan fingerprint density at radius 3 is 3.00 bits per heavy atom. The minimum Gasteiger partial charge on any atom is -0.0991 e. The van der Waals surface area contributed by atoms with Gasteiger partial charge < -0.3 is 0 Å². The molecule has 0 radical (unpaired) electrons. The molecule has 0 saturated heterocycles. The van der Waals surface area contributed by atoms with Gasteiger partial charge in [0, 0.05) is 0 Å². The topological polar surface area (TPSA) is 0 Å². The van der Waals surface area contributed by atoms with Crippen molar-refractivity contribution in [2.24, 2.45) is 0 Å². The van der Waals surface area contributed by atoms with E-state index in [9.17, 15) is 0 Å². The molecule has 68 valence electrons. The summed E-state index contributed by atoms with van der Waals surface area (Å²) in [4.78, 5) is 0. The molecular formula is C13H16. The summed E-state index contributed by atoms with van der Waals surface area (Å²) in [5, 5.41) is 0. The molecule has 0 aromatic heterocycles. The molecule has 0 fully saturated rings. The van der Waals surface area contributed by atoms with E-state index >= 15 is 0 Å². The Bertz CT molecular complexity index is 274. The summed E-state index contributed by atoms with van der Waals surface area (Å²) in [5.41, 5.74) is 2.63. The zero-order valence-corrected chi connectivity index (χ0v) is 8.00. The molecule has 0 aromatic carbocycles. The largest absolute Gasteiger partial charge is 0.0991 e. The maximum Gasteiger partial charge on any atom is -0.00697 e. The zero-order chi connectivity index (χ0) is 9.52. The maximum atomic E-state index is 3.99. The van der Waals surface area contributed by atoms with Gasteiger partial charge in [-0.15, -0.1) is 0 Å². The third-order valence-electron chi connectivity index (χ3n) is 2.02. The molecule has 1 aliphatic carbocycles. The molecule has 0 saturated carbocycles. The molecule has 0 amide bonds. The lowest BCUT2D eigenvalue weighted by molar-refractivity contribution is 0.914. The van der Waals surface area contributed by atoms with Crippen molar-refractivity contribution in [3.05, 3.63) is 60.8 Å². The Balaban J connectivity index is 2.43. The molecule has 0 unspecified atom stereocenters. The van der Waals surface area contributed by atoms with Crippen LogP contribution in [0, 0.1) is 0 Å². The van der Waals surface area contributed by atoms with Crippen LogP contribution in [-0.2, 0) is 0 Å². The second kappa shape index (κ2) is 5.36. The Labute approximate surface area is 80.7 Å². The first-order valence-electron chi connectivity index (χ1n) is 4.64. The van der Waals surface area contributed by atoms with E-state index in [0.717, 1.165) is 12.0 Å². The van der Waals surface area contributed by atoms with Gasteiger partial charge in [-0.05, 0) is 19.3 Å². The van der Waals surface area contributed by atoms with E-state index in [0.29, 0.717) is 0 Å². The lowest BCUT2D eigenvalue weighted by Crippen LogP contribution is -1.88. The van der Waals surface area contributed by atoms with Crippen molar-refractivity contribution < 1.29 is 0 Å². The van der Waals surface area contributed by atoms with E-state index < -0.39 is 0 Å². The van der Waals surface area contributed by atoms with Crippen LogP contribution in [0.5, 0.6) is 0 Å². The summed E-state index contributed by atoms with van der Waals surface area (Å²) in [6, 6.07) is 0. The van der Waals surface area contributed by atoms with E-state index in [4.69, 9.17) is 0 Å². The highest BCUT2D eigenvalue weighted by Gasteiger charge is 1.99. The van der Waals surface area contributed by atoms with Crippen LogP contribution in [0.1, 0.15) is 19.3 Å². The average Bonchev–Trinajstić information content (AvgIpc) is 2.16. The van der Waals surface area contributed by atoms with Crippen LogP contribution in [0.2, 0.25) is 0 Å². The quantitative estimate of drug-likeness (QED) is 0.563. The first-order valence-corrected chi connectivity index (χ1v) is 4.64. The zero-order valence-electron chi connectivity index (χ0n) is 8.00. The Kier molecular flexibility index (Phi) is 4.04. The van der Waals surface area contributed by atoms with Crippen molar-refractivity contribution in [2.45, 2.75) is 19.3 Å². The van der Waals surface area contributed by atoms with E-state index in [1.807, 2.05) is 12.2 Å². The van der Waals surface area contributed by atoms with Gasteiger partial charge in [0.1, 0.15) is 0 Å². The SMILES string of the molecule is C=C/C=C\C(=C)CC1=CC=CCC1. The molecule has 1 rings (SSSR count). The highest BCUT2D eigenvalue weighted by atomic mass is 14.0. The summed E-state index contributed by atoms with van der Waals surface area (Å²) in [7, 11) is 0. The molecular weight excluding hydrogens is 156 g/mol. The molecule has 0 aromatic rings. The first kappa shape index (κ1) is 9.79. The van der Waals surface area contributed by atoms with Crippen LogP contribution < -0.4 is 0 Å². The van der Waals surface area contributed by atoms with E-state index in [2.05, 4.69) is 31.4 Å². The lowest BCUT2D eigenvalue weighted by Gasteiger charge is -2.08. The molecule has 0 nitrogen and oxygen atoms in total. The van der Waals surface area contributed by atoms with Crippen LogP contribution in [-0.4, -0.2) is 0 Å². The summed E-state index contributed by atoms with van der Waals surface area (Å²) in [6.45, 7) is 7.61. The highest BCUT2D eigenvalue weighted by Crippen LogP contribution is 2.19. The molecule has 1 aliphatic rings. The van der Waals surface area contributed by atoms with Gasteiger partial charge in [-0.25, -0.2) is 0 Å². The van der Waals surface area contributed by atoms with Gasteiger partial charge in [-0.3, -0.25) is 0 Å². The smallest absolute Gasteiger partial charge is 0.00697 e. The Morgan fingerprint density at radius 1 is 1.54 bits per heavy atom. The first-order chi connectivity index (χ1) is 6.33. The minimum absolute atomic E-state index is 0.995. The van der Waals surface area contributed by atoms with Crippen LogP contribution in [0.25, 0.3) is 0 Å².